The molecule has 0 bridgehead atoms. The van der Waals surface area contributed by atoms with Crippen LogP contribution in [0.2, 0.25) is 0 Å². The molecule has 24 heavy (non-hydrogen) atoms. The molecule has 0 aromatic heterocycles. The largest absolute Gasteiger partial charge is 0.570 e. The molecule has 2 aromatic rings. The molecule has 0 saturated heterocycles. The standard InChI is InChI=1S/2C6H5.2C2H6.CH2NO.CH2NS.2Y/c2*1-2-4-6-5-3-1;2*1-2;2*2-1-3;;/h2*1-5H;2*1-2H3;2*(H2,2,3);;/q2*-1;;;2*-1;;. The van der Waals surface area contributed by atoms with Crippen LogP contribution >= 0.6 is 12.2 Å². The summed E-state index contributed by atoms with van der Waals surface area (Å²) in [6.45, 7) is 8.00. The number of carbonyl (C=O) groups excluding carboxylic acids is 1. The second-order valence-electron chi connectivity index (χ2n) is 2.39. The topological polar surface area (TPSA) is 69.1 Å². The second kappa shape index (κ2) is 56.8. The van der Waals surface area contributed by atoms with Crippen LogP contribution in [0.3, 0.4) is 0 Å². The number of rotatable bonds is 0. The number of primary amides is 1. The Balaban J connectivity index is -0.0000000427. The van der Waals surface area contributed by atoms with E-state index in [1.165, 1.54) is 0 Å². The van der Waals surface area contributed by atoms with Crippen molar-refractivity contribution in [1.29, 1.82) is 0 Å². The van der Waals surface area contributed by atoms with E-state index in [-0.39, 0.29) is 65.4 Å². The number of thiocarbonyl (C=S) groups is 1. The monoisotopic (exact) mass is 496 g/mol. The van der Waals surface area contributed by atoms with E-state index < -0.39 is 0 Å². The average Bonchev–Trinajstić information content (AvgIpc) is 2.63. The first-order valence-corrected chi connectivity index (χ1v) is 7.22. The van der Waals surface area contributed by atoms with Crippen LogP contribution in [0, 0.1) is 12.1 Å². The van der Waals surface area contributed by atoms with Crippen LogP contribution in [-0.2, 0) is 70.2 Å². The summed E-state index contributed by atoms with van der Waals surface area (Å²) >= 11 is 3.92. The molecular weight excluding hydrogens is 470 g/mol. The van der Waals surface area contributed by atoms with Crippen molar-refractivity contribution in [2.24, 2.45) is 11.5 Å². The van der Waals surface area contributed by atoms with Gasteiger partial charge in [-0.25, -0.2) is 0 Å². The van der Waals surface area contributed by atoms with E-state index in [1.807, 2.05) is 93.9 Å². The Morgan fingerprint density at radius 1 is 0.708 bits per heavy atom. The molecule has 2 aromatic carbocycles. The van der Waals surface area contributed by atoms with Gasteiger partial charge in [0.25, 0.3) is 0 Å². The fraction of sp³-hybridized carbons (Fsp3) is 0.222. The third kappa shape index (κ3) is 67.4. The molecule has 2 radical (unpaired) electrons. The normalized spacial score (nSPS) is 5.50. The molecule has 4 N–H and O–H groups in total. The Bertz CT molecular complexity index is 275. The summed E-state index contributed by atoms with van der Waals surface area (Å²) in [5.41, 5.74) is 10.3. The van der Waals surface area contributed by atoms with Crippen LogP contribution in [0.25, 0.3) is 0 Å². The van der Waals surface area contributed by atoms with Gasteiger partial charge in [-0.15, -0.1) is 0 Å². The van der Waals surface area contributed by atoms with Gasteiger partial charge in [0, 0.05) is 65.4 Å². The number of hydrogen-bond acceptors (Lipinski definition) is 2. The molecule has 0 aliphatic rings. The number of hydrogen-bond donors (Lipinski definition) is 2. The van der Waals surface area contributed by atoms with Crippen molar-refractivity contribution in [3.8, 4) is 0 Å². The molecule has 1 amide bonds. The van der Waals surface area contributed by atoms with Crippen molar-refractivity contribution < 1.29 is 70.2 Å². The minimum absolute atomic E-state index is 0. The summed E-state index contributed by atoms with van der Waals surface area (Å²) in [5, 5.41) is 0. The molecule has 0 heterocycles. The zero-order valence-corrected chi connectivity index (χ0v) is 21.4. The maximum atomic E-state index is 8.46. The molecule has 0 atom stereocenters. The molecule has 130 valence electrons. The van der Waals surface area contributed by atoms with Gasteiger partial charge in [-0.2, -0.15) is 79.2 Å². The SMILES string of the molecule is CC.CC.N[C-]=O.N[C-]=S.[Y].[Y].[c-]1ccccc1.[c-]1ccccc1. The first-order chi connectivity index (χ1) is 10.8. The molecule has 0 spiro atoms. The molecule has 2 rings (SSSR count). The van der Waals surface area contributed by atoms with Crippen molar-refractivity contribution in [3.05, 3.63) is 72.8 Å². The van der Waals surface area contributed by atoms with Crippen molar-refractivity contribution in [2.45, 2.75) is 27.7 Å². The van der Waals surface area contributed by atoms with Gasteiger partial charge in [-0.05, 0) is 0 Å². The van der Waals surface area contributed by atoms with Crippen molar-refractivity contribution >= 4 is 24.1 Å². The fourth-order valence-electron chi connectivity index (χ4n) is 0.684. The van der Waals surface area contributed by atoms with Crippen LogP contribution in [0.15, 0.2) is 60.7 Å². The van der Waals surface area contributed by atoms with Gasteiger partial charge in [0.1, 0.15) is 0 Å². The summed E-state index contributed by atoms with van der Waals surface area (Å²) in [7, 11) is 0. The van der Waals surface area contributed by atoms with E-state index >= 15 is 0 Å². The molecule has 0 aliphatic carbocycles. The quantitative estimate of drug-likeness (QED) is 0.331. The van der Waals surface area contributed by atoms with Crippen LogP contribution < -0.4 is 11.5 Å². The van der Waals surface area contributed by atoms with Crippen LogP contribution in [0.5, 0.6) is 0 Å². The molecule has 3 nitrogen and oxygen atoms in total. The van der Waals surface area contributed by atoms with Crippen molar-refractivity contribution in [3.63, 3.8) is 0 Å². The third-order valence-corrected chi connectivity index (χ3v) is 1.21. The molecule has 0 unspecified atom stereocenters. The zero-order valence-electron chi connectivity index (χ0n) is 14.9. The number of benzene rings is 2. The number of amides is 1. The van der Waals surface area contributed by atoms with Gasteiger partial charge >= 0.3 is 0 Å². The Labute approximate surface area is 204 Å². The fourth-order valence-corrected chi connectivity index (χ4v) is 0.684. The zero-order chi connectivity index (χ0) is 17.9. The van der Waals surface area contributed by atoms with Gasteiger partial charge in [0.2, 0.25) is 0 Å². The van der Waals surface area contributed by atoms with Gasteiger partial charge in [-0.3, -0.25) is 0 Å². The van der Waals surface area contributed by atoms with E-state index in [2.05, 4.69) is 35.8 Å². The average molecular weight is 496 g/mol. The predicted octanol–water partition coefficient (Wildman–Crippen LogP) is 3.81. The van der Waals surface area contributed by atoms with Gasteiger partial charge in [0.15, 0.2) is 0 Å². The summed E-state index contributed by atoms with van der Waals surface area (Å²) in [4.78, 5) is 8.46. The minimum Gasteiger partial charge on any atom is -0.570 e. The van der Waals surface area contributed by atoms with E-state index in [4.69, 9.17) is 4.79 Å². The van der Waals surface area contributed by atoms with Gasteiger partial charge in [0.05, 0.1) is 0 Å². The summed E-state index contributed by atoms with van der Waals surface area (Å²) in [5.74, 6) is 0. The van der Waals surface area contributed by atoms with Crippen molar-refractivity contribution in [2.75, 3.05) is 0 Å². The first-order valence-electron chi connectivity index (χ1n) is 6.81. The first kappa shape index (κ1) is 39.2. The van der Waals surface area contributed by atoms with Crippen LogP contribution in [0.4, 0.5) is 0 Å². The Kier molecular flexibility index (Phi) is 92.7. The van der Waals surface area contributed by atoms with E-state index in [9.17, 15) is 0 Å². The molecule has 0 saturated carbocycles. The Hall–Kier alpha value is 0.00779. The Morgan fingerprint density at radius 2 is 0.875 bits per heavy atom. The van der Waals surface area contributed by atoms with Crippen LogP contribution in [0.1, 0.15) is 27.7 Å². The summed E-state index contributed by atoms with van der Waals surface area (Å²) in [6, 6.07) is 25.0. The van der Waals surface area contributed by atoms with Crippen molar-refractivity contribution in [1.82, 2.24) is 0 Å². The molecular formula is C18H26N2OSY2-4. The van der Waals surface area contributed by atoms with E-state index in [0.29, 0.717) is 0 Å². The third-order valence-electron chi connectivity index (χ3n) is 1.21. The molecule has 0 aliphatic heterocycles. The smallest absolute Gasteiger partial charge is 0 e. The summed E-state index contributed by atoms with van der Waals surface area (Å²) in [6.07, 6.45) is 1.00. The Morgan fingerprint density at radius 3 is 0.917 bits per heavy atom. The number of nitrogens with two attached hydrogens (primary N) is 2. The maximum Gasteiger partial charge on any atom is 0 e. The minimum atomic E-state index is 0. The van der Waals surface area contributed by atoms with Gasteiger partial charge < -0.3 is 34.0 Å². The molecule has 6 heteroatoms. The van der Waals surface area contributed by atoms with E-state index in [1.54, 1.807) is 0 Å². The maximum absolute atomic E-state index is 8.46. The predicted molar refractivity (Wildman–Crippen MR) is 99.9 cm³/mol. The van der Waals surface area contributed by atoms with Gasteiger partial charge in [-0.1, -0.05) is 27.7 Å². The van der Waals surface area contributed by atoms with E-state index in [0.717, 1.165) is 6.41 Å². The molecule has 0 fully saturated rings. The second-order valence-corrected chi connectivity index (χ2v) is 2.63. The van der Waals surface area contributed by atoms with Crippen LogP contribution in [-0.4, -0.2) is 11.9 Å². The summed E-state index contributed by atoms with van der Waals surface area (Å²) < 4.78 is 0.